The predicted molar refractivity (Wildman–Crippen MR) is 80.4 cm³/mol. The Hall–Kier alpha value is -3.16. The first-order valence-corrected chi connectivity index (χ1v) is 7.79. The van der Waals surface area contributed by atoms with Crippen molar-refractivity contribution in [3.63, 3.8) is 0 Å². The minimum absolute atomic E-state index is 0.147. The van der Waals surface area contributed by atoms with Crippen LogP contribution in [0.3, 0.4) is 0 Å². The van der Waals surface area contributed by atoms with Gasteiger partial charge in [0.2, 0.25) is 0 Å². The largest absolute Gasteiger partial charge is 0.268 e. The lowest BCUT2D eigenvalue weighted by Crippen LogP contribution is -2.30. The molecule has 3 rings (SSSR count). The number of imide groups is 1. The van der Waals surface area contributed by atoms with E-state index in [0.29, 0.717) is 0 Å². The van der Waals surface area contributed by atoms with Crippen molar-refractivity contribution in [1.82, 2.24) is 0 Å². The van der Waals surface area contributed by atoms with Crippen LogP contribution in [0, 0.1) is 0 Å². The van der Waals surface area contributed by atoms with E-state index in [2.05, 4.69) is 9.43 Å². The molecule has 0 spiro atoms. The molecule has 0 fully saturated rings. The van der Waals surface area contributed by atoms with E-state index < -0.39 is 26.7 Å². The van der Waals surface area contributed by atoms with Gasteiger partial charge in [-0.1, -0.05) is 24.3 Å². The van der Waals surface area contributed by atoms with Gasteiger partial charge in [0.1, 0.15) is 0 Å². The molecule has 2 aromatic carbocycles. The van der Waals surface area contributed by atoms with Crippen molar-refractivity contribution in [3.8, 4) is 0 Å². The van der Waals surface area contributed by atoms with Crippen molar-refractivity contribution in [1.29, 1.82) is 0 Å². The van der Waals surface area contributed by atoms with E-state index in [0.717, 1.165) is 4.90 Å². The number of amides is 2. The number of hydrogen-bond donors (Lipinski definition) is 0. The molecule has 0 saturated carbocycles. The summed E-state index contributed by atoms with van der Waals surface area (Å²) in [5.74, 6) is -1.26. The SMILES string of the molecule is [N-]=[N+]=NS(=O)(=O)c1ccccc1N1C(=O)c2ccccc2C1=O. The van der Waals surface area contributed by atoms with Crippen LogP contribution in [0.2, 0.25) is 0 Å². The molecular weight excluding hydrogens is 320 g/mol. The minimum Gasteiger partial charge on any atom is -0.268 e. The highest BCUT2D eigenvalue weighted by atomic mass is 32.2. The van der Waals surface area contributed by atoms with Crippen LogP contribution in [0.4, 0.5) is 5.69 Å². The molecule has 1 heterocycles. The number of carbonyl (C=O) groups excluding carboxylic acids is 2. The van der Waals surface area contributed by atoms with Crippen molar-refractivity contribution in [3.05, 3.63) is 70.1 Å². The van der Waals surface area contributed by atoms with E-state index in [4.69, 9.17) is 5.53 Å². The topological polar surface area (TPSA) is 120 Å². The second-order valence-corrected chi connectivity index (χ2v) is 6.16. The van der Waals surface area contributed by atoms with Crippen molar-refractivity contribution in [2.24, 2.45) is 4.52 Å². The van der Waals surface area contributed by atoms with Gasteiger partial charge < -0.3 is 0 Å². The summed E-state index contributed by atoms with van der Waals surface area (Å²) in [4.78, 5) is 27.5. The molecule has 23 heavy (non-hydrogen) atoms. The summed E-state index contributed by atoms with van der Waals surface area (Å²) in [6.45, 7) is 0. The lowest BCUT2D eigenvalue weighted by atomic mass is 10.1. The average Bonchev–Trinajstić information content (AvgIpc) is 2.79. The molecule has 0 N–H and O–H groups in total. The van der Waals surface area contributed by atoms with E-state index in [1.54, 1.807) is 12.1 Å². The van der Waals surface area contributed by atoms with Crippen molar-refractivity contribution < 1.29 is 18.0 Å². The number of anilines is 1. The molecule has 0 unspecified atom stereocenters. The molecule has 0 atom stereocenters. The molecular formula is C14H8N4O4S. The molecule has 2 amide bonds. The smallest absolute Gasteiger partial charge is 0.266 e. The standard InChI is InChI=1S/C14H8N4O4S/c15-16-17-23(21,22)12-8-4-3-7-11(12)18-13(19)9-5-1-2-6-10(9)14(18)20/h1-8H. The molecule has 2 aromatic rings. The van der Waals surface area contributed by atoms with Gasteiger partial charge in [0.25, 0.3) is 21.8 Å². The third-order valence-corrected chi connectivity index (χ3v) is 4.51. The summed E-state index contributed by atoms with van der Waals surface area (Å²) < 4.78 is 26.8. The Morgan fingerprint density at radius 3 is 2.00 bits per heavy atom. The maximum atomic E-state index is 12.5. The zero-order valence-electron chi connectivity index (χ0n) is 11.4. The van der Waals surface area contributed by atoms with Crippen LogP contribution in [0.15, 0.2) is 57.9 Å². The average molecular weight is 328 g/mol. The molecule has 114 valence electrons. The van der Waals surface area contributed by atoms with Crippen LogP contribution in [-0.4, -0.2) is 20.2 Å². The maximum Gasteiger partial charge on any atom is 0.266 e. The Morgan fingerprint density at radius 2 is 1.43 bits per heavy atom. The Kier molecular flexibility index (Phi) is 3.36. The lowest BCUT2D eigenvalue weighted by Gasteiger charge is -2.16. The zero-order chi connectivity index (χ0) is 16.6. The van der Waals surface area contributed by atoms with Crippen LogP contribution >= 0.6 is 0 Å². The normalized spacial score (nSPS) is 13.7. The highest BCUT2D eigenvalue weighted by Crippen LogP contribution is 2.33. The van der Waals surface area contributed by atoms with Gasteiger partial charge in [0.15, 0.2) is 0 Å². The molecule has 0 aromatic heterocycles. The van der Waals surface area contributed by atoms with Crippen molar-refractivity contribution in [2.75, 3.05) is 4.90 Å². The summed E-state index contributed by atoms with van der Waals surface area (Å²) in [7, 11) is -4.35. The molecule has 1 aliphatic heterocycles. The molecule has 0 aliphatic carbocycles. The fourth-order valence-electron chi connectivity index (χ4n) is 2.36. The molecule has 9 heteroatoms. The Labute approximate surface area is 130 Å². The second kappa shape index (κ2) is 5.24. The highest BCUT2D eigenvalue weighted by Gasteiger charge is 2.38. The van der Waals surface area contributed by atoms with Crippen LogP contribution in [0.25, 0.3) is 10.4 Å². The number of azide groups is 1. The first kappa shape index (κ1) is 14.8. The number of sulfonamides is 1. The Balaban J connectivity index is 2.21. The highest BCUT2D eigenvalue weighted by molar-refractivity contribution is 7.90. The van der Waals surface area contributed by atoms with E-state index in [-0.39, 0.29) is 16.8 Å². The number of para-hydroxylation sites is 1. The lowest BCUT2D eigenvalue weighted by molar-refractivity contribution is 0.0925. The van der Waals surface area contributed by atoms with E-state index in [1.165, 1.54) is 36.4 Å². The maximum absolute atomic E-state index is 12.5. The van der Waals surface area contributed by atoms with Crippen LogP contribution < -0.4 is 4.90 Å². The fraction of sp³-hybridized carbons (Fsp3) is 0. The van der Waals surface area contributed by atoms with Gasteiger partial charge in [-0.3, -0.25) is 9.59 Å². The third kappa shape index (κ3) is 2.24. The number of benzene rings is 2. The Bertz CT molecular complexity index is 958. The second-order valence-electron chi connectivity index (χ2n) is 4.61. The van der Waals surface area contributed by atoms with Gasteiger partial charge in [0, 0.05) is 9.43 Å². The first-order chi connectivity index (χ1) is 11.0. The molecule has 0 saturated heterocycles. The predicted octanol–water partition coefficient (Wildman–Crippen LogP) is 2.49. The van der Waals surface area contributed by atoms with Crippen LogP contribution in [-0.2, 0) is 10.0 Å². The summed E-state index contributed by atoms with van der Waals surface area (Å²) in [5.41, 5.74) is 8.63. The summed E-state index contributed by atoms with van der Waals surface area (Å²) in [6.07, 6.45) is 0. The Morgan fingerprint density at radius 1 is 0.913 bits per heavy atom. The molecule has 0 bridgehead atoms. The van der Waals surface area contributed by atoms with Gasteiger partial charge in [-0.05, 0) is 29.8 Å². The van der Waals surface area contributed by atoms with Gasteiger partial charge in [-0.15, -0.1) is 0 Å². The monoisotopic (exact) mass is 328 g/mol. The van der Waals surface area contributed by atoms with E-state index in [1.807, 2.05) is 0 Å². The van der Waals surface area contributed by atoms with Crippen molar-refractivity contribution >= 4 is 27.5 Å². The van der Waals surface area contributed by atoms with Gasteiger partial charge >= 0.3 is 0 Å². The van der Waals surface area contributed by atoms with E-state index >= 15 is 0 Å². The van der Waals surface area contributed by atoms with E-state index in [9.17, 15) is 18.0 Å². The van der Waals surface area contributed by atoms with Gasteiger partial charge in [-0.25, -0.2) is 13.3 Å². The minimum atomic E-state index is -4.35. The van der Waals surface area contributed by atoms with Crippen LogP contribution in [0.5, 0.6) is 0 Å². The number of rotatable bonds is 3. The van der Waals surface area contributed by atoms with Gasteiger partial charge in [-0.2, -0.15) is 0 Å². The third-order valence-electron chi connectivity index (χ3n) is 3.32. The summed E-state index contributed by atoms with van der Waals surface area (Å²) in [6, 6.07) is 11.5. The summed E-state index contributed by atoms with van der Waals surface area (Å²) >= 11 is 0. The molecule has 1 aliphatic rings. The number of carbonyl (C=O) groups is 2. The number of nitrogens with zero attached hydrogens (tertiary/aromatic N) is 4. The number of fused-ring (bicyclic) bond motifs is 1. The quantitative estimate of drug-likeness (QED) is 0.372. The van der Waals surface area contributed by atoms with Gasteiger partial charge in [0.05, 0.1) is 21.7 Å². The molecule has 8 nitrogen and oxygen atoms in total. The number of hydrogen-bond acceptors (Lipinski definition) is 4. The molecule has 0 radical (unpaired) electrons. The first-order valence-electron chi connectivity index (χ1n) is 6.35. The summed E-state index contributed by atoms with van der Waals surface area (Å²) in [5, 5.41) is 0. The zero-order valence-corrected chi connectivity index (χ0v) is 12.3. The van der Waals surface area contributed by atoms with Crippen LogP contribution in [0.1, 0.15) is 20.7 Å². The van der Waals surface area contributed by atoms with Crippen molar-refractivity contribution in [2.45, 2.75) is 4.90 Å². The fourth-order valence-corrected chi connectivity index (χ4v) is 3.22.